The van der Waals surface area contributed by atoms with Crippen LogP contribution in [0.1, 0.15) is 37.3 Å². The van der Waals surface area contributed by atoms with Gasteiger partial charge in [-0.2, -0.15) is 5.10 Å². The highest BCUT2D eigenvalue weighted by atomic mass is 32.1. The van der Waals surface area contributed by atoms with Gasteiger partial charge in [-0.15, -0.1) is 0 Å². The van der Waals surface area contributed by atoms with Crippen molar-refractivity contribution in [2.24, 2.45) is 5.10 Å². The Morgan fingerprint density at radius 3 is 3.00 bits per heavy atom. The monoisotopic (exact) mass is 335 g/mol. The summed E-state index contributed by atoms with van der Waals surface area (Å²) in [4.78, 5) is 0. The van der Waals surface area contributed by atoms with E-state index in [9.17, 15) is 0 Å². The molecule has 0 fully saturated rings. The lowest BCUT2D eigenvalue weighted by molar-refractivity contribution is 0.145. The van der Waals surface area contributed by atoms with E-state index in [1.54, 1.807) is 7.11 Å². The summed E-state index contributed by atoms with van der Waals surface area (Å²) in [5, 5.41) is 8.17. The number of rotatable bonds is 7. The largest absolute Gasteiger partial charge is 0.497 e. The highest BCUT2D eigenvalue weighted by molar-refractivity contribution is 7.80. The summed E-state index contributed by atoms with van der Waals surface area (Å²) in [6.07, 6.45) is 4.04. The number of methoxy groups -OCH3 is 1. The third-order valence-corrected chi connectivity index (χ3v) is 3.97. The normalized spacial score (nSPS) is 15.1. The third kappa shape index (κ3) is 5.48. The Balaban J connectivity index is 1.88. The maximum absolute atomic E-state index is 5.29. The van der Waals surface area contributed by atoms with E-state index in [4.69, 9.17) is 21.7 Å². The van der Waals surface area contributed by atoms with Crippen molar-refractivity contribution in [2.45, 2.75) is 32.6 Å². The van der Waals surface area contributed by atoms with Crippen LogP contribution in [0.4, 0.5) is 0 Å². The number of nitrogens with zero attached hydrogens (tertiary/aromatic N) is 1. The van der Waals surface area contributed by atoms with Gasteiger partial charge in [0, 0.05) is 25.3 Å². The van der Waals surface area contributed by atoms with Crippen LogP contribution in [0.2, 0.25) is 0 Å². The van der Waals surface area contributed by atoms with Gasteiger partial charge in [-0.1, -0.05) is 0 Å². The third-order valence-electron chi connectivity index (χ3n) is 3.73. The maximum Gasteiger partial charge on any atom is 0.186 e. The van der Waals surface area contributed by atoms with Crippen LogP contribution >= 0.6 is 12.2 Å². The average Bonchev–Trinajstić information content (AvgIpc) is 2.59. The van der Waals surface area contributed by atoms with E-state index >= 15 is 0 Å². The molecule has 1 aromatic rings. The smallest absolute Gasteiger partial charge is 0.186 e. The van der Waals surface area contributed by atoms with Crippen LogP contribution in [0, 0.1) is 0 Å². The van der Waals surface area contributed by atoms with E-state index in [1.165, 1.54) is 11.1 Å². The van der Waals surface area contributed by atoms with Gasteiger partial charge in [-0.05, 0) is 68.6 Å². The van der Waals surface area contributed by atoms with E-state index in [0.29, 0.717) is 5.11 Å². The van der Waals surface area contributed by atoms with E-state index < -0.39 is 0 Å². The minimum Gasteiger partial charge on any atom is -0.497 e. The van der Waals surface area contributed by atoms with Gasteiger partial charge in [0.2, 0.25) is 0 Å². The SMILES string of the molecule is CCOCCCNC(=S)N/N=C1/CCCc2cc(OC)ccc21. The second kappa shape index (κ2) is 9.47. The van der Waals surface area contributed by atoms with Crippen LogP contribution < -0.4 is 15.5 Å². The molecule has 23 heavy (non-hydrogen) atoms. The van der Waals surface area contributed by atoms with Gasteiger partial charge >= 0.3 is 0 Å². The van der Waals surface area contributed by atoms with Crippen LogP contribution in [0.15, 0.2) is 23.3 Å². The summed E-state index contributed by atoms with van der Waals surface area (Å²) < 4.78 is 10.6. The van der Waals surface area contributed by atoms with Crippen molar-refractivity contribution in [1.29, 1.82) is 0 Å². The molecule has 0 saturated carbocycles. The molecule has 0 bridgehead atoms. The summed E-state index contributed by atoms with van der Waals surface area (Å²) >= 11 is 5.25. The molecule has 126 valence electrons. The summed E-state index contributed by atoms with van der Waals surface area (Å²) in [7, 11) is 1.69. The molecule has 0 radical (unpaired) electrons. The zero-order valence-corrected chi connectivity index (χ0v) is 14.7. The molecule has 5 nitrogen and oxygen atoms in total. The number of aryl methyl sites for hydroxylation is 1. The fourth-order valence-electron chi connectivity index (χ4n) is 2.56. The van der Waals surface area contributed by atoms with Crippen molar-refractivity contribution >= 4 is 23.0 Å². The zero-order chi connectivity index (χ0) is 16.5. The first-order valence-corrected chi connectivity index (χ1v) is 8.51. The lowest BCUT2D eigenvalue weighted by Gasteiger charge is -2.19. The molecular formula is C17H25N3O2S. The predicted octanol–water partition coefficient (Wildman–Crippen LogP) is 2.63. The fraction of sp³-hybridized carbons (Fsp3) is 0.529. The number of hydrazone groups is 1. The Hall–Kier alpha value is -1.66. The Bertz CT molecular complexity index is 561. The number of benzene rings is 1. The number of hydrogen-bond donors (Lipinski definition) is 2. The molecule has 0 amide bonds. The molecule has 0 atom stereocenters. The zero-order valence-electron chi connectivity index (χ0n) is 13.9. The molecule has 0 aliphatic heterocycles. The molecule has 2 N–H and O–H groups in total. The van der Waals surface area contributed by atoms with E-state index in [1.807, 2.05) is 13.0 Å². The number of hydrogen-bond acceptors (Lipinski definition) is 4. The standard InChI is InChI=1S/C17H25N3O2S/c1-3-22-11-5-10-18-17(23)20-19-16-7-4-6-13-12-14(21-2)8-9-15(13)16/h8-9,12H,3-7,10-11H2,1-2H3,(H2,18,20,23)/b19-16-. The summed E-state index contributed by atoms with van der Waals surface area (Å²) in [5.41, 5.74) is 6.47. The molecule has 0 aromatic heterocycles. The maximum atomic E-state index is 5.29. The van der Waals surface area contributed by atoms with Gasteiger partial charge in [0.05, 0.1) is 12.8 Å². The van der Waals surface area contributed by atoms with Crippen molar-refractivity contribution in [1.82, 2.24) is 10.7 Å². The minimum absolute atomic E-state index is 0.551. The molecule has 0 unspecified atom stereocenters. The van der Waals surface area contributed by atoms with E-state index in [2.05, 4.69) is 28.0 Å². The first-order valence-electron chi connectivity index (χ1n) is 8.10. The van der Waals surface area contributed by atoms with Gasteiger partial charge in [0.1, 0.15) is 5.75 Å². The lowest BCUT2D eigenvalue weighted by Crippen LogP contribution is -2.34. The van der Waals surface area contributed by atoms with E-state index in [0.717, 1.165) is 56.9 Å². The molecule has 6 heteroatoms. The Kier molecular flexibility index (Phi) is 7.29. The first kappa shape index (κ1) is 17.7. The summed E-state index contributed by atoms with van der Waals surface area (Å²) in [5.74, 6) is 0.893. The molecule has 1 aliphatic rings. The molecule has 1 aliphatic carbocycles. The van der Waals surface area contributed by atoms with Crippen LogP contribution in [0.5, 0.6) is 5.75 Å². The van der Waals surface area contributed by atoms with Crippen molar-refractivity contribution in [3.05, 3.63) is 29.3 Å². The predicted molar refractivity (Wildman–Crippen MR) is 97.3 cm³/mol. The van der Waals surface area contributed by atoms with Crippen LogP contribution in [0.3, 0.4) is 0 Å². The Morgan fingerprint density at radius 2 is 2.22 bits per heavy atom. The second-order valence-electron chi connectivity index (χ2n) is 5.35. The van der Waals surface area contributed by atoms with Gasteiger partial charge in [0.25, 0.3) is 0 Å². The van der Waals surface area contributed by atoms with Gasteiger partial charge in [-0.3, -0.25) is 5.43 Å². The molecular weight excluding hydrogens is 310 g/mol. The van der Waals surface area contributed by atoms with Crippen molar-refractivity contribution in [2.75, 3.05) is 26.9 Å². The van der Waals surface area contributed by atoms with Gasteiger partial charge in [-0.25, -0.2) is 0 Å². The highest BCUT2D eigenvalue weighted by Gasteiger charge is 2.16. The highest BCUT2D eigenvalue weighted by Crippen LogP contribution is 2.25. The number of ether oxygens (including phenoxy) is 2. The molecule has 0 heterocycles. The van der Waals surface area contributed by atoms with Crippen molar-refractivity contribution in [3.63, 3.8) is 0 Å². The lowest BCUT2D eigenvalue weighted by atomic mass is 9.90. The average molecular weight is 335 g/mol. The van der Waals surface area contributed by atoms with Crippen LogP contribution in [-0.2, 0) is 11.2 Å². The summed E-state index contributed by atoms with van der Waals surface area (Å²) in [6.45, 7) is 4.27. The number of fused-ring (bicyclic) bond motifs is 1. The molecule has 0 spiro atoms. The van der Waals surface area contributed by atoms with Crippen molar-refractivity contribution in [3.8, 4) is 5.75 Å². The first-order chi connectivity index (χ1) is 11.2. The molecule has 0 saturated heterocycles. The van der Waals surface area contributed by atoms with Gasteiger partial charge < -0.3 is 14.8 Å². The molecule has 2 rings (SSSR count). The Morgan fingerprint density at radius 1 is 1.35 bits per heavy atom. The molecule has 1 aromatic carbocycles. The summed E-state index contributed by atoms with van der Waals surface area (Å²) in [6, 6.07) is 6.14. The minimum atomic E-state index is 0.551. The second-order valence-corrected chi connectivity index (χ2v) is 5.76. The number of thiocarbonyl (C=S) groups is 1. The Labute approximate surface area is 143 Å². The van der Waals surface area contributed by atoms with E-state index in [-0.39, 0.29) is 0 Å². The topological polar surface area (TPSA) is 54.9 Å². The quantitative estimate of drug-likeness (QED) is 0.456. The van der Waals surface area contributed by atoms with Gasteiger partial charge in [0.15, 0.2) is 5.11 Å². The van der Waals surface area contributed by atoms with Crippen LogP contribution in [-0.4, -0.2) is 37.7 Å². The van der Waals surface area contributed by atoms with Crippen LogP contribution in [0.25, 0.3) is 0 Å². The van der Waals surface area contributed by atoms with Crippen molar-refractivity contribution < 1.29 is 9.47 Å². The fourth-order valence-corrected chi connectivity index (χ4v) is 2.71. The number of nitrogens with one attached hydrogen (secondary N) is 2.